The van der Waals surface area contributed by atoms with Gasteiger partial charge in [0, 0.05) is 21.2 Å². The van der Waals surface area contributed by atoms with Crippen LogP contribution in [-0.4, -0.2) is 21.4 Å². The molecule has 0 aliphatic carbocycles. The van der Waals surface area contributed by atoms with Crippen molar-refractivity contribution in [2.75, 3.05) is 11.9 Å². The minimum Gasteiger partial charge on any atom is -0.374 e. The van der Waals surface area contributed by atoms with Crippen molar-refractivity contribution in [3.05, 3.63) is 33.4 Å². The molecule has 0 amide bonds. The fourth-order valence-corrected chi connectivity index (χ4v) is 3.31. The lowest BCUT2D eigenvalue weighted by Gasteiger charge is -2.06. The van der Waals surface area contributed by atoms with E-state index in [0.717, 1.165) is 42.9 Å². The Morgan fingerprint density at radius 2 is 2.15 bits per heavy atom. The van der Waals surface area contributed by atoms with Crippen molar-refractivity contribution in [3.8, 4) is 11.3 Å². The standard InChI is InChI=1S/C14H15IN4S/c15-11-7-2-1-5-9(11)12-10-6-3-4-8-17-13(10)19(18-12)14(16)20/h1-2,5,7,17H,3-4,6,8H2,(H2,16,20). The van der Waals surface area contributed by atoms with E-state index in [2.05, 4.69) is 45.1 Å². The Morgan fingerprint density at radius 1 is 1.35 bits per heavy atom. The summed E-state index contributed by atoms with van der Waals surface area (Å²) in [5.74, 6) is 0.963. The summed E-state index contributed by atoms with van der Waals surface area (Å²) in [6.07, 6.45) is 3.31. The zero-order valence-electron chi connectivity index (χ0n) is 10.9. The minimum atomic E-state index is 0.285. The molecule has 20 heavy (non-hydrogen) atoms. The molecule has 0 fully saturated rings. The Kier molecular flexibility index (Phi) is 3.93. The van der Waals surface area contributed by atoms with Crippen molar-refractivity contribution in [2.45, 2.75) is 19.3 Å². The second-order valence-corrected chi connectivity index (χ2v) is 6.37. The van der Waals surface area contributed by atoms with Crippen molar-refractivity contribution in [3.63, 3.8) is 0 Å². The summed E-state index contributed by atoms with van der Waals surface area (Å²) in [6.45, 7) is 0.937. The van der Waals surface area contributed by atoms with Gasteiger partial charge in [0.1, 0.15) is 5.82 Å². The van der Waals surface area contributed by atoms with Crippen LogP contribution in [0.2, 0.25) is 0 Å². The number of fused-ring (bicyclic) bond motifs is 1. The molecule has 2 aromatic rings. The molecule has 3 rings (SSSR count). The van der Waals surface area contributed by atoms with Crippen molar-refractivity contribution in [1.29, 1.82) is 0 Å². The lowest BCUT2D eigenvalue weighted by molar-refractivity contribution is 0.782. The van der Waals surface area contributed by atoms with E-state index in [4.69, 9.17) is 18.0 Å². The number of hydrogen-bond donors (Lipinski definition) is 2. The van der Waals surface area contributed by atoms with Crippen molar-refractivity contribution in [2.24, 2.45) is 5.73 Å². The fourth-order valence-electron chi connectivity index (χ4n) is 2.53. The van der Waals surface area contributed by atoms with Gasteiger partial charge in [-0.15, -0.1) is 0 Å². The van der Waals surface area contributed by atoms with E-state index in [1.165, 1.54) is 9.13 Å². The van der Waals surface area contributed by atoms with Crippen LogP contribution < -0.4 is 11.1 Å². The summed E-state index contributed by atoms with van der Waals surface area (Å²) in [4.78, 5) is 0. The monoisotopic (exact) mass is 398 g/mol. The molecule has 1 aromatic carbocycles. The molecule has 0 atom stereocenters. The van der Waals surface area contributed by atoms with Gasteiger partial charge in [0.15, 0.2) is 5.11 Å². The van der Waals surface area contributed by atoms with Gasteiger partial charge in [-0.2, -0.15) is 9.78 Å². The predicted octanol–water partition coefficient (Wildman–Crippen LogP) is 2.99. The van der Waals surface area contributed by atoms with Crippen LogP contribution in [0.3, 0.4) is 0 Å². The zero-order valence-corrected chi connectivity index (χ0v) is 13.9. The van der Waals surface area contributed by atoms with Gasteiger partial charge in [0.2, 0.25) is 0 Å². The van der Waals surface area contributed by atoms with Crippen LogP contribution in [0.4, 0.5) is 5.82 Å². The lowest BCUT2D eigenvalue weighted by Crippen LogP contribution is -2.22. The van der Waals surface area contributed by atoms with E-state index in [1.54, 1.807) is 4.68 Å². The number of thiocarbonyl (C=S) groups is 1. The van der Waals surface area contributed by atoms with Gasteiger partial charge in [-0.1, -0.05) is 18.2 Å². The number of nitrogens with zero attached hydrogens (tertiary/aromatic N) is 2. The van der Waals surface area contributed by atoms with Gasteiger partial charge in [0.25, 0.3) is 0 Å². The van der Waals surface area contributed by atoms with Gasteiger partial charge in [-0.05, 0) is 60.1 Å². The predicted molar refractivity (Wildman–Crippen MR) is 94.0 cm³/mol. The van der Waals surface area contributed by atoms with Gasteiger partial charge in [-0.3, -0.25) is 0 Å². The topological polar surface area (TPSA) is 55.9 Å². The van der Waals surface area contributed by atoms with Gasteiger partial charge in [0.05, 0.1) is 5.69 Å². The number of nitrogens with one attached hydrogen (secondary N) is 1. The summed E-state index contributed by atoms with van der Waals surface area (Å²) >= 11 is 7.47. The zero-order chi connectivity index (χ0) is 14.1. The Morgan fingerprint density at radius 3 is 2.90 bits per heavy atom. The minimum absolute atomic E-state index is 0.285. The lowest BCUT2D eigenvalue weighted by atomic mass is 10.0. The van der Waals surface area contributed by atoms with E-state index in [1.807, 2.05) is 12.1 Å². The van der Waals surface area contributed by atoms with Crippen molar-refractivity contribution < 1.29 is 0 Å². The third kappa shape index (κ3) is 2.42. The van der Waals surface area contributed by atoms with Gasteiger partial charge >= 0.3 is 0 Å². The normalized spacial score (nSPS) is 14.2. The summed E-state index contributed by atoms with van der Waals surface area (Å²) < 4.78 is 2.85. The summed E-state index contributed by atoms with van der Waals surface area (Å²) in [5.41, 5.74) is 9.16. The van der Waals surface area contributed by atoms with E-state index in [9.17, 15) is 0 Å². The molecule has 0 saturated carbocycles. The molecule has 0 saturated heterocycles. The highest BCUT2D eigenvalue weighted by atomic mass is 127. The maximum atomic E-state index is 5.81. The quantitative estimate of drug-likeness (QED) is 0.573. The third-order valence-electron chi connectivity index (χ3n) is 3.47. The van der Waals surface area contributed by atoms with Crippen molar-refractivity contribution >= 4 is 45.7 Å². The molecule has 6 heteroatoms. The smallest absolute Gasteiger partial charge is 0.193 e. The largest absolute Gasteiger partial charge is 0.374 e. The first-order valence-corrected chi connectivity index (χ1v) is 8.07. The van der Waals surface area contributed by atoms with Crippen molar-refractivity contribution in [1.82, 2.24) is 9.78 Å². The number of nitrogens with two attached hydrogens (primary N) is 1. The Bertz CT molecular complexity index is 665. The molecule has 104 valence electrons. The summed E-state index contributed by atoms with van der Waals surface area (Å²) in [6, 6.07) is 8.26. The number of hydrogen-bond acceptors (Lipinski definition) is 3. The number of aromatic nitrogens is 2. The Balaban J connectivity index is 2.21. The van der Waals surface area contributed by atoms with E-state index in [-0.39, 0.29) is 5.11 Å². The van der Waals surface area contributed by atoms with Crippen LogP contribution in [-0.2, 0) is 6.42 Å². The first-order valence-electron chi connectivity index (χ1n) is 6.59. The molecule has 0 unspecified atom stereocenters. The molecule has 0 spiro atoms. The number of rotatable bonds is 1. The highest BCUT2D eigenvalue weighted by Crippen LogP contribution is 2.34. The maximum absolute atomic E-state index is 5.81. The maximum Gasteiger partial charge on any atom is 0.193 e. The van der Waals surface area contributed by atoms with Crippen LogP contribution in [0.5, 0.6) is 0 Å². The Labute approximate surface area is 136 Å². The van der Waals surface area contributed by atoms with E-state index in [0.29, 0.717) is 0 Å². The molecule has 3 N–H and O–H groups in total. The molecule has 1 aliphatic rings. The first kappa shape index (κ1) is 13.8. The van der Waals surface area contributed by atoms with Gasteiger partial charge in [-0.25, -0.2) is 0 Å². The van der Waals surface area contributed by atoms with Crippen LogP contribution in [0.25, 0.3) is 11.3 Å². The molecule has 1 aliphatic heterocycles. The second kappa shape index (κ2) is 5.69. The first-order chi connectivity index (χ1) is 9.68. The second-order valence-electron chi connectivity index (χ2n) is 4.79. The summed E-state index contributed by atoms with van der Waals surface area (Å²) in [5, 5.41) is 8.35. The Hall–Kier alpha value is -1.15. The highest BCUT2D eigenvalue weighted by Gasteiger charge is 2.22. The molecule has 0 bridgehead atoms. The molecule has 4 nitrogen and oxygen atoms in total. The molecule has 2 heterocycles. The molecular formula is C14H15IN4S. The van der Waals surface area contributed by atoms with Crippen LogP contribution in [0, 0.1) is 3.57 Å². The molecule has 0 radical (unpaired) electrons. The van der Waals surface area contributed by atoms with E-state index < -0.39 is 0 Å². The average molecular weight is 398 g/mol. The fraction of sp³-hybridized carbons (Fsp3) is 0.286. The molecular weight excluding hydrogens is 383 g/mol. The van der Waals surface area contributed by atoms with Crippen LogP contribution in [0.1, 0.15) is 18.4 Å². The number of benzene rings is 1. The van der Waals surface area contributed by atoms with E-state index >= 15 is 0 Å². The van der Waals surface area contributed by atoms with Gasteiger partial charge < -0.3 is 11.1 Å². The third-order valence-corrected chi connectivity index (χ3v) is 4.58. The molecule has 1 aromatic heterocycles. The average Bonchev–Trinajstić information content (AvgIpc) is 2.63. The number of anilines is 1. The van der Waals surface area contributed by atoms with Crippen LogP contribution >= 0.6 is 34.8 Å². The summed E-state index contributed by atoms with van der Waals surface area (Å²) in [7, 11) is 0. The number of halogens is 1. The SMILES string of the molecule is NC(=S)n1nc(-c2ccccc2I)c2c1NCCCC2. The highest BCUT2D eigenvalue weighted by molar-refractivity contribution is 14.1. The van der Waals surface area contributed by atoms with Crippen LogP contribution in [0.15, 0.2) is 24.3 Å².